The smallest absolute Gasteiger partial charge is 0.297 e. The number of fused-ring (bicyclic) bond motifs is 1. The Labute approximate surface area is 119 Å². The number of anilines is 1. The second kappa shape index (κ2) is 6.09. The van der Waals surface area contributed by atoms with Crippen molar-refractivity contribution in [2.75, 3.05) is 18.0 Å². The first-order valence-electron chi connectivity index (χ1n) is 7.33. The predicted octanol–water partition coefficient (Wildman–Crippen LogP) is 2.74. The van der Waals surface area contributed by atoms with E-state index < -0.39 is 0 Å². The molecule has 1 N–H and O–H groups in total. The summed E-state index contributed by atoms with van der Waals surface area (Å²) in [7, 11) is 0. The second-order valence-electron chi connectivity index (χ2n) is 5.20. The normalized spacial score (nSPS) is 14.9. The molecule has 20 heavy (non-hydrogen) atoms. The van der Waals surface area contributed by atoms with E-state index in [1.165, 1.54) is 11.1 Å². The maximum absolute atomic E-state index is 5.65. The molecule has 0 atom stereocenters. The number of nitrogens with zero attached hydrogens (tertiary/aromatic N) is 2. The fraction of sp³-hybridized carbons (Fsp3) is 0.438. The monoisotopic (exact) mass is 271 g/mol. The van der Waals surface area contributed by atoms with Crippen molar-refractivity contribution in [1.29, 1.82) is 0 Å². The van der Waals surface area contributed by atoms with Gasteiger partial charge in [-0.25, -0.2) is 0 Å². The van der Waals surface area contributed by atoms with Crippen molar-refractivity contribution in [1.82, 2.24) is 10.3 Å². The molecule has 0 fully saturated rings. The van der Waals surface area contributed by atoms with Crippen molar-refractivity contribution < 1.29 is 4.42 Å². The van der Waals surface area contributed by atoms with Gasteiger partial charge in [0.15, 0.2) is 0 Å². The van der Waals surface area contributed by atoms with E-state index in [2.05, 4.69) is 46.4 Å². The third-order valence-corrected chi connectivity index (χ3v) is 3.72. The van der Waals surface area contributed by atoms with Crippen LogP contribution in [0.5, 0.6) is 0 Å². The minimum absolute atomic E-state index is 0.745. The third kappa shape index (κ3) is 2.85. The van der Waals surface area contributed by atoms with Gasteiger partial charge < -0.3 is 14.6 Å². The lowest BCUT2D eigenvalue weighted by molar-refractivity contribution is 0.529. The fourth-order valence-electron chi connectivity index (χ4n) is 2.64. The van der Waals surface area contributed by atoms with Gasteiger partial charge in [0.2, 0.25) is 0 Å². The molecule has 0 aliphatic carbocycles. The van der Waals surface area contributed by atoms with E-state index in [1.807, 2.05) is 0 Å². The van der Waals surface area contributed by atoms with Crippen LogP contribution in [0.25, 0.3) is 0 Å². The minimum atomic E-state index is 0.745. The molecule has 106 valence electrons. The SMILES string of the molecule is CCNCc1coc(N2CCCc3ccccc3C2)n1. The van der Waals surface area contributed by atoms with Gasteiger partial charge in [0.25, 0.3) is 6.01 Å². The molecule has 0 unspecified atom stereocenters. The molecule has 0 bridgehead atoms. The van der Waals surface area contributed by atoms with Gasteiger partial charge in [-0.1, -0.05) is 31.2 Å². The van der Waals surface area contributed by atoms with Crippen LogP contribution in [0.3, 0.4) is 0 Å². The third-order valence-electron chi connectivity index (χ3n) is 3.72. The lowest BCUT2D eigenvalue weighted by Gasteiger charge is -2.18. The topological polar surface area (TPSA) is 41.3 Å². The van der Waals surface area contributed by atoms with E-state index in [9.17, 15) is 0 Å². The Morgan fingerprint density at radius 1 is 1.30 bits per heavy atom. The minimum Gasteiger partial charge on any atom is -0.432 e. The van der Waals surface area contributed by atoms with E-state index in [-0.39, 0.29) is 0 Å². The van der Waals surface area contributed by atoms with E-state index in [0.29, 0.717) is 0 Å². The molecular formula is C16H21N3O. The van der Waals surface area contributed by atoms with Crippen molar-refractivity contribution in [3.05, 3.63) is 47.3 Å². The summed E-state index contributed by atoms with van der Waals surface area (Å²) in [6, 6.07) is 9.40. The summed E-state index contributed by atoms with van der Waals surface area (Å²) in [4.78, 5) is 6.82. The highest BCUT2D eigenvalue weighted by atomic mass is 16.4. The average Bonchev–Trinajstić information content (AvgIpc) is 2.84. The summed E-state index contributed by atoms with van der Waals surface area (Å²) in [6.07, 6.45) is 4.04. The molecular weight excluding hydrogens is 250 g/mol. The number of hydrogen-bond donors (Lipinski definition) is 1. The molecule has 3 rings (SSSR count). The zero-order valence-corrected chi connectivity index (χ0v) is 11.9. The van der Waals surface area contributed by atoms with Gasteiger partial charge in [-0.3, -0.25) is 0 Å². The van der Waals surface area contributed by atoms with Crippen molar-refractivity contribution in [2.45, 2.75) is 32.9 Å². The Balaban J connectivity index is 1.75. The number of benzene rings is 1. The highest BCUT2D eigenvalue weighted by Gasteiger charge is 2.18. The highest BCUT2D eigenvalue weighted by molar-refractivity contribution is 5.36. The molecule has 0 spiro atoms. The molecule has 2 aromatic rings. The molecule has 1 aliphatic heterocycles. The Bertz CT molecular complexity index is 564. The molecule has 1 aromatic heterocycles. The van der Waals surface area contributed by atoms with Gasteiger partial charge in [-0.05, 0) is 30.5 Å². The maximum atomic E-state index is 5.65. The zero-order chi connectivity index (χ0) is 13.8. The second-order valence-corrected chi connectivity index (χ2v) is 5.20. The summed E-state index contributed by atoms with van der Waals surface area (Å²) in [5.74, 6) is 0. The average molecular weight is 271 g/mol. The largest absolute Gasteiger partial charge is 0.432 e. The summed E-state index contributed by atoms with van der Waals surface area (Å²) >= 11 is 0. The van der Waals surface area contributed by atoms with Crippen LogP contribution in [0.2, 0.25) is 0 Å². The Morgan fingerprint density at radius 2 is 2.15 bits per heavy atom. The van der Waals surface area contributed by atoms with Crippen LogP contribution in [-0.4, -0.2) is 18.1 Å². The molecule has 4 nitrogen and oxygen atoms in total. The fourth-order valence-corrected chi connectivity index (χ4v) is 2.64. The maximum Gasteiger partial charge on any atom is 0.297 e. The molecule has 0 saturated carbocycles. The predicted molar refractivity (Wildman–Crippen MR) is 79.7 cm³/mol. The number of nitrogens with one attached hydrogen (secondary N) is 1. The standard InChI is InChI=1S/C16H21N3O/c1-2-17-10-15-12-20-16(18-15)19-9-5-8-13-6-3-4-7-14(13)11-19/h3-4,6-7,12,17H,2,5,8-11H2,1H3. The van der Waals surface area contributed by atoms with E-state index in [0.717, 1.165) is 50.7 Å². The van der Waals surface area contributed by atoms with Crippen molar-refractivity contribution in [3.63, 3.8) is 0 Å². The molecule has 0 radical (unpaired) electrons. The number of rotatable bonds is 4. The van der Waals surface area contributed by atoms with E-state index in [1.54, 1.807) is 6.26 Å². The molecule has 4 heteroatoms. The van der Waals surface area contributed by atoms with Gasteiger partial charge in [0.05, 0.1) is 5.69 Å². The van der Waals surface area contributed by atoms with Gasteiger partial charge in [0.1, 0.15) is 6.26 Å². The van der Waals surface area contributed by atoms with Crippen LogP contribution in [0, 0.1) is 0 Å². The summed E-state index contributed by atoms with van der Waals surface area (Å²) < 4.78 is 5.65. The molecule has 2 heterocycles. The van der Waals surface area contributed by atoms with Crippen LogP contribution in [0.4, 0.5) is 6.01 Å². The van der Waals surface area contributed by atoms with Gasteiger partial charge in [0, 0.05) is 19.6 Å². The quantitative estimate of drug-likeness (QED) is 0.928. The van der Waals surface area contributed by atoms with Crippen LogP contribution in [0.15, 0.2) is 34.9 Å². The summed E-state index contributed by atoms with van der Waals surface area (Å²) in [5, 5.41) is 3.27. The summed E-state index contributed by atoms with van der Waals surface area (Å²) in [5.41, 5.74) is 3.81. The first-order chi connectivity index (χ1) is 9.86. The first kappa shape index (κ1) is 13.2. The first-order valence-corrected chi connectivity index (χ1v) is 7.33. The van der Waals surface area contributed by atoms with Gasteiger partial charge in [-0.15, -0.1) is 0 Å². The highest BCUT2D eigenvalue weighted by Crippen LogP contribution is 2.23. The molecule has 1 aliphatic rings. The summed E-state index contributed by atoms with van der Waals surface area (Å²) in [6.45, 7) is 5.68. The lowest BCUT2D eigenvalue weighted by Crippen LogP contribution is -2.23. The lowest BCUT2D eigenvalue weighted by atomic mass is 10.0. The van der Waals surface area contributed by atoms with Crippen molar-refractivity contribution in [2.24, 2.45) is 0 Å². The van der Waals surface area contributed by atoms with Crippen molar-refractivity contribution in [3.8, 4) is 0 Å². The van der Waals surface area contributed by atoms with Crippen LogP contribution >= 0.6 is 0 Å². The van der Waals surface area contributed by atoms with Crippen LogP contribution in [0.1, 0.15) is 30.2 Å². The number of aromatic nitrogens is 1. The number of hydrogen-bond acceptors (Lipinski definition) is 4. The Morgan fingerprint density at radius 3 is 3.00 bits per heavy atom. The Hall–Kier alpha value is -1.81. The van der Waals surface area contributed by atoms with Crippen LogP contribution in [-0.2, 0) is 19.5 Å². The molecule has 0 saturated heterocycles. The zero-order valence-electron chi connectivity index (χ0n) is 11.9. The van der Waals surface area contributed by atoms with Crippen LogP contribution < -0.4 is 10.2 Å². The number of oxazole rings is 1. The Kier molecular flexibility index (Phi) is 4.02. The van der Waals surface area contributed by atoms with E-state index >= 15 is 0 Å². The molecule has 1 aromatic carbocycles. The molecule has 0 amide bonds. The van der Waals surface area contributed by atoms with E-state index in [4.69, 9.17) is 4.42 Å². The van der Waals surface area contributed by atoms with Crippen molar-refractivity contribution >= 4 is 6.01 Å². The van der Waals surface area contributed by atoms with Gasteiger partial charge in [-0.2, -0.15) is 4.98 Å². The van der Waals surface area contributed by atoms with Gasteiger partial charge >= 0.3 is 0 Å². The number of aryl methyl sites for hydroxylation is 1.